The summed E-state index contributed by atoms with van der Waals surface area (Å²) in [6.07, 6.45) is 8.03. The van der Waals surface area contributed by atoms with Gasteiger partial charge in [0.2, 0.25) is 0 Å². The van der Waals surface area contributed by atoms with Gasteiger partial charge in [0.15, 0.2) is 0 Å². The zero-order chi connectivity index (χ0) is 15.0. The molecule has 0 aromatic heterocycles. The van der Waals surface area contributed by atoms with Gasteiger partial charge >= 0.3 is 0 Å². The zero-order valence-corrected chi connectivity index (χ0v) is 12.9. The highest BCUT2D eigenvalue weighted by atomic mass is 16.6. The molecule has 1 aromatic carbocycles. The molecule has 0 spiro atoms. The van der Waals surface area contributed by atoms with E-state index in [1.54, 1.807) is 6.07 Å². The van der Waals surface area contributed by atoms with Crippen molar-refractivity contribution in [2.75, 3.05) is 5.32 Å². The predicted octanol–water partition coefficient (Wildman–Crippen LogP) is 4.59. The molecule has 4 heteroatoms. The first kappa shape index (κ1) is 14.4. The third-order valence-electron chi connectivity index (χ3n) is 5.10. The summed E-state index contributed by atoms with van der Waals surface area (Å²) in [6.45, 7) is 3.77. The molecule has 21 heavy (non-hydrogen) atoms. The van der Waals surface area contributed by atoms with Gasteiger partial charge in [-0.25, -0.2) is 0 Å². The van der Waals surface area contributed by atoms with Gasteiger partial charge in [0.25, 0.3) is 5.69 Å². The molecular formula is C17H24N2O2. The minimum atomic E-state index is -0.296. The van der Waals surface area contributed by atoms with Crippen molar-refractivity contribution in [2.24, 2.45) is 11.8 Å². The summed E-state index contributed by atoms with van der Waals surface area (Å²) in [6, 6.07) is 4.16. The van der Waals surface area contributed by atoms with Crippen molar-refractivity contribution in [1.29, 1.82) is 0 Å². The fourth-order valence-electron chi connectivity index (χ4n) is 3.73. The van der Waals surface area contributed by atoms with Crippen LogP contribution in [0.15, 0.2) is 12.1 Å². The third-order valence-corrected chi connectivity index (χ3v) is 5.10. The van der Waals surface area contributed by atoms with Crippen LogP contribution in [0.5, 0.6) is 0 Å². The first-order chi connectivity index (χ1) is 10.0. The van der Waals surface area contributed by atoms with Crippen molar-refractivity contribution in [3.8, 4) is 0 Å². The second-order valence-electron chi connectivity index (χ2n) is 6.82. The third kappa shape index (κ3) is 3.20. The Labute approximate surface area is 126 Å². The van der Waals surface area contributed by atoms with Gasteiger partial charge in [0.1, 0.15) is 0 Å². The normalized spacial score (nSPS) is 25.6. The number of nitro groups is 1. The quantitative estimate of drug-likeness (QED) is 0.651. The lowest BCUT2D eigenvalue weighted by Crippen LogP contribution is -2.28. The van der Waals surface area contributed by atoms with E-state index < -0.39 is 0 Å². The summed E-state index contributed by atoms with van der Waals surface area (Å²) < 4.78 is 0. The highest BCUT2D eigenvalue weighted by Crippen LogP contribution is 2.44. The van der Waals surface area contributed by atoms with Gasteiger partial charge in [0.05, 0.1) is 4.92 Å². The maximum Gasteiger partial charge on any atom is 0.272 e. The van der Waals surface area contributed by atoms with E-state index in [0.29, 0.717) is 6.04 Å². The smallest absolute Gasteiger partial charge is 0.272 e. The van der Waals surface area contributed by atoms with Crippen LogP contribution in [0, 0.1) is 35.8 Å². The number of aryl methyl sites for hydroxylation is 2. The Hall–Kier alpha value is -1.58. The first-order valence-electron chi connectivity index (χ1n) is 8.06. The van der Waals surface area contributed by atoms with Gasteiger partial charge in [-0.15, -0.1) is 0 Å². The standard InChI is InChI=1S/C17H24N2O2/c1-11-9-17(19(20)21)12(2)8-16(11)18-15-5-3-4-14(10-15)13-6-7-13/h8-9,13-15,18H,3-7,10H2,1-2H3. The Morgan fingerprint density at radius 3 is 2.52 bits per heavy atom. The molecule has 0 saturated heterocycles. The summed E-state index contributed by atoms with van der Waals surface area (Å²) in [7, 11) is 0. The minimum Gasteiger partial charge on any atom is -0.382 e. The first-order valence-corrected chi connectivity index (χ1v) is 8.06. The Morgan fingerprint density at radius 2 is 1.86 bits per heavy atom. The molecule has 0 heterocycles. The molecule has 1 N–H and O–H groups in total. The van der Waals surface area contributed by atoms with E-state index in [1.807, 2.05) is 19.9 Å². The van der Waals surface area contributed by atoms with Gasteiger partial charge in [-0.2, -0.15) is 0 Å². The van der Waals surface area contributed by atoms with Crippen LogP contribution >= 0.6 is 0 Å². The van der Waals surface area contributed by atoms with Crippen LogP contribution in [0.2, 0.25) is 0 Å². The summed E-state index contributed by atoms with van der Waals surface area (Å²) >= 11 is 0. The van der Waals surface area contributed by atoms with E-state index >= 15 is 0 Å². The number of hydrogen-bond acceptors (Lipinski definition) is 3. The second kappa shape index (κ2) is 5.66. The Balaban J connectivity index is 1.72. The number of rotatable bonds is 4. The number of benzene rings is 1. The van der Waals surface area contributed by atoms with Crippen LogP contribution in [0.3, 0.4) is 0 Å². The average molecular weight is 288 g/mol. The molecule has 4 nitrogen and oxygen atoms in total. The Kier molecular flexibility index (Phi) is 3.87. The van der Waals surface area contributed by atoms with Crippen molar-refractivity contribution < 1.29 is 4.92 Å². The van der Waals surface area contributed by atoms with Gasteiger partial charge < -0.3 is 5.32 Å². The van der Waals surface area contributed by atoms with Crippen molar-refractivity contribution in [3.05, 3.63) is 33.4 Å². The molecule has 0 radical (unpaired) electrons. The van der Waals surface area contributed by atoms with Gasteiger partial charge in [0, 0.05) is 23.4 Å². The summed E-state index contributed by atoms with van der Waals surface area (Å²) in [5.41, 5.74) is 3.00. The number of nitrogens with one attached hydrogen (secondary N) is 1. The van der Waals surface area contributed by atoms with Crippen LogP contribution in [-0.2, 0) is 0 Å². The molecule has 114 valence electrons. The van der Waals surface area contributed by atoms with E-state index in [0.717, 1.165) is 28.7 Å². The molecule has 0 bridgehead atoms. The van der Waals surface area contributed by atoms with Crippen molar-refractivity contribution in [1.82, 2.24) is 0 Å². The summed E-state index contributed by atoms with van der Waals surface area (Å²) in [4.78, 5) is 10.7. The van der Waals surface area contributed by atoms with E-state index in [9.17, 15) is 10.1 Å². The number of anilines is 1. The fraction of sp³-hybridized carbons (Fsp3) is 0.647. The lowest BCUT2D eigenvalue weighted by molar-refractivity contribution is -0.385. The molecule has 1 aromatic rings. The maximum absolute atomic E-state index is 11.0. The highest BCUT2D eigenvalue weighted by molar-refractivity contribution is 5.59. The number of nitro benzene ring substituents is 1. The highest BCUT2D eigenvalue weighted by Gasteiger charge is 2.34. The van der Waals surface area contributed by atoms with Crippen LogP contribution in [-0.4, -0.2) is 11.0 Å². The molecule has 2 aliphatic rings. The Morgan fingerprint density at radius 1 is 1.10 bits per heavy atom. The maximum atomic E-state index is 11.0. The predicted molar refractivity (Wildman–Crippen MR) is 84.7 cm³/mol. The average Bonchev–Trinajstić information content (AvgIpc) is 3.27. The lowest BCUT2D eigenvalue weighted by atomic mass is 9.82. The summed E-state index contributed by atoms with van der Waals surface area (Å²) in [5, 5.41) is 14.6. The second-order valence-corrected chi connectivity index (χ2v) is 6.82. The molecule has 0 amide bonds. The van der Waals surface area contributed by atoms with Crippen molar-refractivity contribution in [3.63, 3.8) is 0 Å². The molecular weight excluding hydrogens is 264 g/mol. The van der Waals surface area contributed by atoms with E-state index in [1.165, 1.54) is 38.5 Å². The SMILES string of the molecule is Cc1cc([N+](=O)[O-])c(C)cc1NC1CCCC(C2CC2)C1. The van der Waals surface area contributed by atoms with Crippen molar-refractivity contribution >= 4 is 11.4 Å². The zero-order valence-electron chi connectivity index (χ0n) is 12.9. The van der Waals surface area contributed by atoms with E-state index in [4.69, 9.17) is 0 Å². The van der Waals surface area contributed by atoms with Gasteiger partial charge in [-0.1, -0.05) is 12.8 Å². The molecule has 2 unspecified atom stereocenters. The molecule has 2 atom stereocenters. The molecule has 3 rings (SSSR count). The van der Waals surface area contributed by atoms with Gasteiger partial charge in [-0.05, 0) is 63.0 Å². The molecule has 2 aliphatic carbocycles. The minimum absolute atomic E-state index is 0.220. The van der Waals surface area contributed by atoms with Crippen molar-refractivity contribution in [2.45, 2.75) is 58.4 Å². The van der Waals surface area contributed by atoms with Crippen LogP contribution < -0.4 is 5.32 Å². The Bertz CT molecular complexity index is 552. The van der Waals surface area contributed by atoms with E-state index in [2.05, 4.69) is 5.32 Å². The van der Waals surface area contributed by atoms with Crippen LogP contribution in [0.25, 0.3) is 0 Å². The van der Waals surface area contributed by atoms with Crippen LogP contribution in [0.4, 0.5) is 11.4 Å². The number of nitrogens with zero attached hydrogens (tertiary/aromatic N) is 1. The largest absolute Gasteiger partial charge is 0.382 e. The topological polar surface area (TPSA) is 55.2 Å². The van der Waals surface area contributed by atoms with Crippen LogP contribution in [0.1, 0.15) is 49.7 Å². The summed E-state index contributed by atoms with van der Waals surface area (Å²) in [5.74, 6) is 1.88. The monoisotopic (exact) mass is 288 g/mol. The van der Waals surface area contributed by atoms with E-state index in [-0.39, 0.29) is 10.6 Å². The molecule has 2 fully saturated rings. The molecule has 0 aliphatic heterocycles. The lowest BCUT2D eigenvalue weighted by Gasteiger charge is -2.31. The van der Waals surface area contributed by atoms with Gasteiger partial charge in [-0.3, -0.25) is 10.1 Å². The number of hydrogen-bond donors (Lipinski definition) is 1. The fourth-order valence-corrected chi connectivity index (χ4v) is 3.73. The molecule has 2 saturated carbocycles.